The number of nitrogens with one attached hydrogen (secondary N) is 1. The minimum absolute atomic E-state index is 0.585. The fourth-order valence-corrected chi connectivity index (χ4v) is 1.90. The van der Waals surface area contributed by atoms with Crippen LogP contribution in [0, 0.1) is 11.3 Å². The van der Waals surface area contributed by atoms with Crippen LogP contribution in [0.1, 0.15) is 18.4 Å². The Bertz CT molecular complexity index is 572. The maximum absolute atomic E-state index is 9.13. The molecule has 1 heterocycles. The number of nitriles is 1. The van der Waals surface area contributed by atoms with E-state index in [1.54, 1.807) is 6.20 Å². The Morgan fingerprint density at radius 3 is 2.89 bits per heavy atom. The second-order valence-corrected chi connectivity index (χ2v) is 4.10. The average Bonchev–Trinajstić information content (AvgIpc) is 2.43. The van der Waals surface area contributed by atoms with E-state index in [1.807, 2.05) is 24.3 Å². The van der Waals surface area contributed by atoms with Gasteiger partial charge in [0.05, 0.1) is 16.8 Å². The van der Waals surface area contributed by atoms with Crippen molar-refractivity contribution in [3.05, 3.63) is 36.0 Å². The first-order chi connectivity index (χ1) is 8.86. The van der Waals surface area contributed by atoms with Gasteiger partial charge in [-0.1, -0.05) is 18.2 Å². The Hall–Kier alpha value is -2.12. The zero-order valence-corrected chi connectivity index (χ0v) is 10.2. The van der Waals surface area contributed by atoms with Gasteiger partial charge in [0, 0.05) is 18.1 Å². The molecule has 0 spiro atoms. The molecule has 92 valence electrons. The number of benzene rings is 1. The number of hydrogen-bond donors (Lipinski definition) is 2. The first-order valence-electron chi connectivity index (χ1n) is 6.08. The van der Waals surface area contributed by atoms with Gasteiger partial charge in [-0.25, -0.2) is 0 Å². The van der Waals surface area contributed by atoms with Gasteiger partial charge in [-0.3, -0.25) is 4.98 Å². The molecule has 0 atom stereocenters. The van der Waals surface area contributed by atoms with E-state index in [0.717, 1.165) is 36.0 Å². The molecule has 0 fully saturated rings. The summed E-state index contributed by atoms with van der Waals surface area (Å²) >= 11 is 0. The van der Waals surface area contributed by atoms with Crippen LogP contribution >= 0.6 is 0 Å². The Kier molecular flexibility index (Phi) is 4.11. The summed E-state index contributed by atoms with van der Waals surface area (Å²) in [4.78, 5) is 4.27. The third-order valence-electron chi connectivity index (χ3n) is 2.83. The van der Waals surface area contributed by atoms with Crippen LogP contribution in [0.2, 0.25) is 0 Å². The topological polar surface area (TPSA) is 74.7 Å². The summed E-state index contributed by atoms with van der Waals surface area (Å²) in [5.41, 5.74) is 7.83. The lowest BCUT2D eigenvalue weighted by Crippen LogP contribution is -2.07. The monoisotopic (exact) mass is 240 g/mol. The first kappa shape index (κ1) is 12.3. The number of unbranched alkanes of at least 4 members (excludes halogenated alkanes) is 1. The maximum Gasteiger partial charge on any atom is 0.103 e. The highest BCUT2D eigenvalue weighted by Crippen LogP contribution is 2.25. The van der Waals surface area contributed by atoms with Gasteiger partial charge < -0.3 is 11.1 Å². The Balaban J connectivity index is 2.30. The molecule has 0 saturated heterocycles. The quantitative estimate of drug-likeness (QED) is 0.786. The van der Waals surface area contributed by atoms with Gasteiger partial charge in [0.15, 0.2) is 0 Å². The van der Waals surface area contributed by atoms with Crippen LogP contribution in [0.4, 0.5) is 5.69 Å². The summed E-state index contributed by atoms with van der Waals surface area (Å²) in [5.74, 6) is 0. The van der Waals surface area contributed by atoms with Crippen molar-refractivity contribution in [1.29, 1.82) is 5.26 Å². The summed E-state index contributed by atoms with van der Waals surface area (Å²) in [5, 5.41) is 13.4. The summed E-state index contributed by atoms with van der Waals surface area (Å²) in [7, 11) is 0. The van der Waals surface area contributed by atoms with Crippen molar-refractivity contribution >= 4 is 16.6 Å². The normalized spacial score (nSPS) is 10.2. The zero-order valence-electron chi connectivity index (χ0n) is 10.2. The van der Waals surface area contributed by atoms with E-state index < -0.39 is 0 Å². The van der Waals surface area contributed by atoms with Crippen molar-refractivity contribution in [2.24, 2.45) is 5.73 Å². The van der Waals surface area contributed by atoms with Crippen molar-refractivity contribution in [1.82, 2.24) is 4.98 Å². The van der Waals surface area contributed by atoms with Crippen LogP contribution in [0.3, 0.4) is 0 Å². The number of para-hydroxylation sites is 1. The van der Waals surface area contributed by atoms with Crippen LogP contribution in [-0.4, -0.2) is 18.1 Å². The molecule has 2 rings (SSSR count). The predicted molar refractivity (Wildman–Crippen MR) is 73.2 cm³/mol. The number of aromatic nitrogens is 1. The highest BCUT2D eigenvalue weighted by Gasteiger charge is 2.07. The summed E-state index contributed by atoms with van der Waals surface area (Å²) in [6.45, 7) is 1.52. The molecular formula is C14H16N4. The summed E-state index contributed by atoms with van der Waals surface area (Å²) in [6.07, 6.45) is 3.60. The molecule has 18 heavy (non-hydrogen) atoms. The molecule has 0 saturated carbocycles. The molecule has 0 bridgehead atoms. The third-order valence-corrected chi connectivity index (χ3v) is 2.83. The zero-order chi connectivity index (χ0) is 12.8. The number of pyridine rings is 1. The van der Waals surface area contributed by atoms with E-state index in [2.05, 4.69) is 16.4 Å². The third kappa shape index (κ3) is 2.58. The van der Waals surface area contributed by atoms with Crippen molar-refractivity contribution in [2.75, 3.05) is 18.4 Å². The van der Waals surface area contributed by atoms with Crippen molar-refractivity contribution < 1.29 is 0 Å². The Morgan fingerprint density at radius 1 is 1.28 bits per heavy atom. The predicted octanol–water partition coefficient (Wildman–Crippen LogP) is 2.26. The number of fused-ring (bicyclic) bond motifs is 1. The number of nitrogens with zero attached hydrogens (tertiary/aromatic N) is 2. The van der Waals surface area contributed by atoms with E-state index in [1.165, 1.54) is 0 Å². The van der Waals surface area contributed by atoms with Gasteiger partial charge in [-0.2, -0.15) is 5.26 Å². The molecule has 1 aromatic carbocycles. The van der Waals surface area contributed by atoms with E-state index >= 15 is 0 Å². The lowest BCUT2D eigenvalue weighted by molar-refractivity contribution is 0.774. The molecule has 0 unspecified atom stereocenters. The second kappa shape index (κ2) is 5.99. The van der Waals surface area contributed by atoms with Crippen LogP contribution in [0.5, 0.6) is 0 Å². The van der Waals surface area contributed by atoms with Gasteiger partial charge in [0.2, 0.25) is 0 Å². The molecule has 0 aliphatic carbocycles. The number of nitrogens with two attached hydrogens (primary N) is 1. The van der Waals surface area contributed by atoms with E-state index in [4.69, 9.17) is 11.0 Å². The van der Waals surface area contributed by atoms with E-state index in [-0.39, 0.29) is 0 Å². The molecule has 0 aliphatic heterocycles. The van der Waals surface area contributed by atoms with Crippen LogP contribution in [0.25, 0.3) is 10.9 Å². The molecule has 0 aliphatic rings. The van der Waals surface area contributed by atoms with Crippen LogP contribution in [0.15, 0.2) is 30.5 Å². The van der Waals surface area contributed by atoms with Gasteiger partial charge in [0.1, 0.15) is 6.07 Å². The van der Waals surface area contributed by atoms with Gasteiger partial charge in [-0.05, 0) is 25.5 Å². The second-order valence-electron chi connectivity index (χ2n) is 4.10. The standard InChI is InChI=1S/C14H16N4/c15-7-3-4-8-17-14-11(9-16)10-18-13-6-2-1-5-12(13)14/h1-2,5-6,10H,3-4,7-8,15H2,(H,17,18). The number of anilines is 1. The summed E-state index contributed by atoms with van der Waals surface area (Å²) in [6, 6.07) is 10.0. The Morgan fingerprint density at radius 2 is 2.11 bits per heavy atom. The molecule has 0 radical (unpaired) electrons. The lowest BCUT2D eigenvalue weighted by Gasteiger charge is -2.10. The molecule has 4 heteroatoms. The lowest BCUT2D eigenvalue weighted by atomic mass is 10.1. The molecule has 4 nitrogen and oxygen atoms in total. The average molecular weight is 240 g/mol. The minimum Gasteiger partial charge on any atom is -0.383 e. The molecule has 3 N–H and O–H groups in total. The molecular weight excluding hydrogens is 224 g/mol. The summed E-state index contributed by atoms with van der Waals surface area (Å²) < 4.78 is 0. The largest absolute Gasteiger partial charge is 0.383 e. The van der Waals surface area contributed by atoms with Crippen LogP contribution < -0.4 is 11.1 Å². The van der Waals surface area contributed by atoms with Crippen molar-refractivity contribution in [2.45, 2.75) is 12.8 Å². The molecule has 0 amide bonds. The minimum atomic E-state index is 0.585. The van der Waals surface area contributed by atoms with Crippen molar-refractivity contribution in [3.63, 3.8) is 0 Å². The molecule has 1 aromatic heterocycles. The van der Waals surface area contributed by atoms with Crippen LogP contribution in [-0.2, 0) is 0 Å². The first-order valence-corrected chi connectivity index (χ1v) is 6.08. The smallest absolute Gasteiger partial charge is 0.103 e. The van der Waals surface area contributed by atoms with Gasteiger partial charge >= 0.3 is 0 Å². The number of rotatable bonds is 5. The van der Waals surface area contributed by atoms with Gasteiger partial charge in [-0.15, -0.1) is 0 Å². The highest BCUT2D eigenvalue weighted by molar-refractivity contribution is 5.93. The SMILES string of the molecule is N#Cc1cnc2ccccc2c1NCCCCN. The Labute approximate surface area is 106 Å². The van der Waals surface area contributed by atoms with Gasteiger partial charge in [0.25, 0.3) is 0 Å². The highest BCUT2D eigenvalue weighted by atomic mass is 14.9. The fraction of sp³-hybridized carbons (Fsp3) is 0.286. The fourth-order valence-electron chi connectivity index (χ4n) is 1.90. The van der Waals surface area contributed by atoms with E-state index in [9.17, 15) is 0 Å². The molecule has 2 aromatic rings. The van der Waals surface area contributed by atoms with Crippen molar-refractivity contribution in [3.8, 4) is 6.07 Å². The van der Waals surface area contributed by atoms with E-state index in [0.29, 0.717) is 12.1 Å². The maximum atomic E-state index is 9.13. The number of hydrogen-bond acceptors (Lipinski definition) is 4.